The second kappa shape index (κ2) is 9.38. The number of aromatic nitrogens is 2. The minimum absolute atomic E-state index is 0.0446. The third-order valence-electron chi connectivity index (χ3n) is 10.0. The maximum Gasteiger partial charge on any atom is 0.264 e. The van der Waals surface area contributed by atoms with Gasteiger partial charge in [-0.3, -0.25) is 4.79 Å². The number of amides is 1. The lowest BCUT2D eigenvalue weighted by atomic mass is 9.74. The number of hydrogen-bond acceptors (Lipinski definition) is 5. The van der Waals surface area contributed by atoms with Gasteiger partial charge in [-0.25, -0.2) is 23.1 Å². The van der Waals surface area contributed by atoms with Crippen molar-refractivity contribution in [3.05, 3.63) is 70.9 Å². The maximum atomic E-state index is 14.3. The molecule has 1 aromatic heterocycles. The highest BCUT2D eigenvalue weighted by Gasteiger charge is 2.56. The zero-order chi connectivity index (χ0) is 28.6. The first kappa shape index (κ1) is 26.6. The zero-order valence-electron chi connectivity index (χ0n) is 24.1. The smallest absolute Gasteiger partial charge is 0.264 e. The van der Waals surface area contributed by atoms with Crippen LogP contribution in [0.2, 0.25) is 0 Å². The number of sulfonamides is 1. The summed E-state index contributed by atoms with van der Waals surface area (Å²) in [6.45, 7) is 6.42. The molecule has 1 spiro atoms. The minimum atomic E-state index is -4.02. The molecular weight excluding hydrogens is 532 g/mol. The van der Waals surface area contributed by atoms with Crippen LogP contribution in [0.25, 0.3) is 11.3 Å². The van der Waals surface area contributed by atoms with Crippen LogP contribution in [0, 0.1) is 24.7 Å². The Bertz CT molecular complexity index is 1630. The van der Waals surface area contributed by atoms with E-state index in [4.69, 9.17) is 9.97 Å². The fourth-order valence-corrected chi connectivity index (χ4v) is 8.12. The van der Waals surface area contributed by atoms with Gasteiger partial charge < -0.3 is 4.90 Å². The normalized spacial score (nSPS) is 23.9. The molecule has 41 heavy (non-hydrogen) atoms. The molecule has 2 heterocycles. The second-order valence-corrected chi connectivity index (χ2v) is 15.1. The van der Waals surface area contributed by atoms with Crippen molar-refractivity contribution < 1.29 is 13.2 Å². The monoisotopic (exact) mass is 570 g/mol. The molecule has 7 nitrogen and oxygen atoms in total. The first-order valence-corrected chi connectivity index (χ1v) is 16.4. The number of carbonyl (C=O) groups excluding carboxylic acids is 1. The third kappa shape index (κ3) is 5.05. The summed E-state index contributed by atoms with van der Waals surface area (Å²) in [7, 11) is -4.02. The van der Waals surface area contributed by atoms with E-state index in [0.717, 1.165) is 48.1 Å². The van der Waals surface area contributed by atoms with Gasteiger partial charge in [-0.1, -0.05) is 31.2 Å². The fourth-order valence-electron chi connectivity index (χ4n) is 7.13. The molecule has 0 saturated heterocycles. The van der Waals surface area contributed by atoms with Crippen LogP contribution in [-0.2, 0) is 16.4 Å². The molecule has 7 rings (SSSR count). The van der Waals surface area contributed by atoms with Crippen molar-refractivity contribution in [3.63, 3.8) is 0 Å². The molecule has 214 valence electrons. The van der Waals surface area contributed by atoms with Gasteiger partial charge >= 0.3 is 0 Å². The summed E-state index contributed by atoms with van der Waals surface area (Å²) in [6.07, 6.45) is 9.38. The molecule has 0 radical (unpaired) electrons. The summed E-state index contributed by atoms with van der Waals surface area (Å²) in [5.41, 5.74) is 5.76. The van der Waals surface area contributed by atoms with E-state index in [-0.39, 0.29) is 34.2 Å². The van der Waals surface area contributed by atoms with Crippen LogP contribution in [0.15, 0.2) is 53.4 Å². The van der Waals surface area contributed by atoms with Crippen molar-refractivity contribution >= 4 is 21.9 Å². The van der Waals surface area contributed by atoms with Gasteiger partial charge in [-0.15, -0.1) is 0 Å². The lowest BCUT2D eigenvalue weighted by molar-refractivity contribution is 0.0169. The van der Waals surface area contributed by atoms with Crippen LogP contribution in [0.4, 0.5) is 5.95 Å². The van der Waals surface area contributed by atoms with Gasteiger partial charge in [-0.05, 0) is 118 Å². The first-order chi connectivity index (χ1) is 19.5. The number of nitrogens with zero attached hydrogens (tertiary/aromatic N) is 3. The Morgan fingerprint density at radius 2 is 1.68 bits per heavy atom. The summed E-state index contributed by atoms with van der Waals surface area (Å²) < 4.78 is 29.8. The van der Waals surface area contributed by atoms with Crippen molar-refractivity contribution in [2.45, 2.75) is 95.5 Å². The van der Waals surface area contributed by atoms with Gasteiger partial charge in [0.2, 0.25) is 5.95 Å². The predicted molar refractivity (Wildman–Crippen MR) is 159 cm³/mol. The summed E-state index contributed by atoms with van der Waals surface area (Å²) >= 11 is 0. The molecule has 0 unspecified atom stereocenters. The molecule has 3 saturated carbocycles. The first-order valence-electron chi connectivity index (χ1n) is 14.9. The molecule has 2 aromatic carbocycles. The molecule has 1 aliphatic heterocycles. The van der Waals surface area contributed by atoms with Crippen LogP contribution >= 0.6 is 0 Å². The average molecular weight is 571 g/mol. The molecule has 4 aliphatic rings. The number of fused-ring (bicyclic) bond motifs is 4. The van der Waals surface area contributed by atoms with Gasteiger partial charge in [0.25, 0.3) is 15.9 Å². The van der Waals surface area contributed by atoms with Crippen LogP contribution in [0.1, 0.15) is 85.5 Å². The number of carbonyl (C=O) groups is 1. The van der Waals surface area contributed by atoms with Gasteiger partial charge in [-0.2, -0.15) is 0 Å². The number of rotatable bonds is 4. The quantitative estimate of drug-likeness (QED) is 0.389. The van der Waals surface area contributed by atoms with Gasteiger partial charge in [0, 0.05) is 28.9 Å². The molecule has 3 aliphatic carbocycles. The van der Waals surface area contributed by atoms with E-state index in [9.17, 15) is 13.2 Å². The molecule has 1 amide bonds. The average Bonchev–Trinajstić information content (AvgIpc) is 3.84. The Hall–Kier alpha value is -3.26. The van der Waals surface area contributed by atoms with Crippen molar-refractivity contribution in [2.75, 3.05) is 4.72 Å². The molecule has 3 fully saturated rings. The molecule has 8 heteroatoms. The predicted octanol–water partition coefficient (Wildman–Crippen LogP) is 6.45. The standard InChI is InChI=1S/C33H38N4O3S/c1-21-6-4-7-22(2)29(21)28-17-24-10-11-25(18-32(3)12-13-32)37(26-19-33(20-26)14-15-33)30(38)23-8-5-9-27(16-23)41(39,40)36-31(34-24)35-28/h4-9,16-17,25-26H,10-15,18-20H2,1-3H3,(H,34,35,36)/t25-/m0/s1. The Morgan fingerprint density at radius 3 is 2.37 bits per heavy atom. The van der Waals surface area contributed by atoms with Crippen molar-refractivity contribution in [1.29, 1.82) is 0 Å². The van der Waals surface area contributed by atoms with Gasteiger partial charge in [0.1, 0.15) is 0 Å². The molecular formula is C33H38N4O3S. The Morgan fingerprint density at radius 1 is 0.976 bits per heavy atom. The van der Waals surface area contributed by atoms with E-state index >= 15 is 0 Å². The minimum Gasteiger partial charge on any atom is -0.333 e. The van der Waals surface area contributed by atoms with Crippen LogP contribution in [0.5, 0.6) is 0 Å². The maximum absolute atomic E-state index is 14.3. The van der Waals surface area contributed by atoms with Crippen LogP contribution in [-0.4, -0.2) is 41.3 Å². The van der Waals surface area contributed by atoms with E-state index in [1.807, 2.05) is 38.1 Å². The number of benzene rings is 2. The van der Waals surface area contributed by atoms with E-state index in [0.29, 0.717) is 23.1 Å². The van der Waals surface area contributed by atoms with Crippen molar-refractivity contribution in [2.24, 2.45) is 10.8 Å². The van der Waals surface area contributed by atoms with Crippen molar-refractivity contribution in [1.82, 2.24) is 14.9 Å². The van der Waals surface area contributed by atoms with E-state index < -0.39 is 10.0 Å². The van der Waals surface area contributed by atoms with E-state index in [1.165, 1.54) is 37.8 Å². The van der Waals surface area contributed by atoms with Gasteiger partial charge in [0.05, 0.1) is 10.6 Å². The van der Waals surface area contributed by atoms with Crippen molar-refractivity contribution in [3.8, 4) is 11.3 Å². The highest BCUT2D eigenvalue weighted by molar-refractivity contribution is 7.92. The Labute approximate surface area is 242 Å². The molecule has 3 aromatic rings. The Kier molecular flexibility index (Phi) is 6.09. The third-order valence-corrected chi connectivity index (χ3v) is 11.3. The summed E-state index contributed by atoms with van der Waals surface area (Å²) in [5.74, 6) is 0.0124. The van der Waals surface area contributed by atoms with E-state index in [2.05, 4.69) is 16.5 Å². The highest BCUT2D eigenvalue weighted by Crippen LogP contribution is 2.62. The number of nitrogens with one attached hydrogen (secondary N) is 1. The lowest BCUT2D eigenvalue weighted by Gasteiger charge is -2.48. The largest absolute Gasteiger partial charge is 0.333 e. The fraction of sp³-hybridized carbons (Fsp3) is 0.485. The van der Waals surface area contributed by atoms with Gasteiger partial charge in [0.15, 0.2) is 0 Å². The number of anilines is 1. The number of aryl methyl sites for hydroxylation is 3. The summed E-state index contributed by atoms with van der Waals surface area (Å²) in [5, 5.41) is 0. The van der Waals surface area contributed by atoms with E-state index in [1.54, 1.807) is 12.1 Å². The molecule has 1 N–H and O–H groups in total. The molecule has 4 bridgehead atoms. The SMILES string of the molecule is Cc1cccc(C)c1-c1cc2nc(n1)NS(=O)(=O)c1cccc(c1)C(=O)N(C1CC3(CC3)C1)[C@H](CC1(C)CC1)CC2. The van der Waals surface area contributed by atoms with Crippen LogP contribution < -0.4 is 4.72 Å². The molecule has 1 atom stereocenters. The summed E-state index contributed by atoms with van der Waals surface area (Å²) in [4.78, 5) is 25.9. The van der Waals surface area contributed by atoms with Crippen LogP contribution in [0.3, 0.4) is 0 Å². The summed E-state index contributed by atoms with van der Waals surface area (Å²) in [6, 6.07) is 14.8. The topological polar surface area (TPSA) is 92.3 Å². The highest BCUT2D eigenvalue weighted by atomic mass is 32.2. The zero-order valence-corrected chi connectivity index (χ0v) is 24.9. The lowest BCUT2D eigenvalue weighted by Crippen LogP contribution is -2.54. The second-order valence-electron chi connectivity index (χ2n) is 13.5. The number of hydrogen-bond donors (Lipinski definition) is 1. The Balaban J connectivity index is 1.35.